The molecule has 7 heteroatoms. The number of hydrogen-bond acceptors (Lipinski definition) is 4. The van der Waals surface area contributed by atoms with E-state index in [0.29, 0.717) is 5.56 Å². The third kappa shape index (κ3) is 6.18. The number of aryl methyl sites for hydroxylation is 2. The Hall–Kier alpha value is -2.73. The first kappa shape index (κ1) is 20.6. The molecule has 0 unspecified atom stereocenters. The van der Waals surface area contributed by atoms with Crippen molar-refractivity contribution in [3.63, 3.8) is 0 Å². The van der Waals surface area contributed by atoms with Gasteiger partial charge in [0.25, 0.3) is 5.91 Å². The standard InChI is InChI=1S/C20H19ClFNO4/c1-12-3-4-14(9-13(12)2)18(24)7-8-20(26)27-11-19(25)23-17-6-5-15(21)10-16(17)22/h3-6,9-10H,7-8,11H2,1-2H3,(H,23,25). The number of rotatable bonds is 7. The maximum absolute atomic E-state index is 13.6. The molecule has 0 aliphatic heterocycles. The number of amides is 1. The highest BCUT2D eigenvalue weighted by Crippen LogP contribution is 2.18. The van der Waals surface area contributed by atoms with Crippen molar-refractivity contribution < 1.29 is 23.5 Å². The third-order valence-electron chi connectivity index (χ3n) is 3.95. The number of carbonyl (C=O) groups is 3. The highest BCUT2D eigenvalue weighted by Gasteiger charge is 2.13. The SMILES string of the molecule is Cc1ccc(C(=O)CCC(=O)OCC(=O)Nc2ccc(Cl)cc2F)cc1C. The summed E-state index contributed by atoms with van der Waals surface area (Å²) in [7, 11) is 0. The van der Waals surface area contributed by atoms with Crippen molar-refractivity contribution in [2.75, 3.05) is 11.9 Å². The predicted molar refractivity (Wildman–Crippen MR) is 100 cm³/mol. The largest absolute Gasteiger partial charge is 0.456 e. The molecule has 0 radical (unpaired) electrons. The van der Waals surface area contributed by atoms with Gasteiger partial charge < -0.3 is 10.1 Å². The van der Waals surface area contributed by atoms with E-state index in [4.69, 9.17) is 16.3 Å². The van der Waals surface area contributed by atoms with Gasteiger partial charge in [-0.1, -0.05) is 23.7 Å². The normalized spacial score (nSPS) is 10.4. The first-order valence-corrected chi connectivity index (χ1v) is 8.65. The van der Waals surface area contributed by atoms with Crippen molar-refractivity contribution in [2.24, 2.45) is 0 Å². The van der Waals surface area contributed by atoms with Crippen LogP contribution < -0.4 is 5.32 Å². The number of hydrogen-bond donors (Lipinski definition) is 1. The van der Waals surface area contributed by atoms with E-state index in [1.54, 1.807) is 12.1 Å². The quantitative estimate of drug-likeness (QED) is 0.566. The zero-order valence-corrected chi connectivity index (χ0v) is 15.7. The second kappa shape index (κ2) is 9.28. The van der Waals surface area contributed by atoms with Crippen LogP contribution in [0.2, 0.25) is 5.02 Å². The van der Waals surface area contributed by atoms with Crippen LogP contribution in [0.4, 0.5) is 10.1 Å². The lowest BCUT2D eigenvalue weighted by Crippen LogP contribution is -2.21. The van der Waals surface area contributed by atoms with Crippen LogP contribution in [0.3, 0.4) is 0 Å². The highest BCUT2D eigenvalue weighted by atomic mass is 35.5. The third-order valence-corrected chi connectivity index (χ3v) is 4.19. The number of esters is 1. The van der Waals surface area contributed by atoms with Crippen molar-refractivity contribution >= 4 is 34.9 Å². The van der Waals surface area contributed by atoms with Crippen LogP contribution in [-0.2, 0) is 14.3 Å². The van der Waals surface area contributed by atoms with E-state index in [1.165, 1.54) is 12.1 Å². The van der Waals surface area contributed by atoms with Gasteiger partial charge in [-0.25, -0.2) is 4.39 Å². The molecule has 27 heavy (non-hydrogen) atoms. The molecule has 0 atom stereocenters. The van der Waals surface area contributed by atoms with Crippen molar-refractivity contribution in [2.45, 2.75) is 26.7 Å². The van der Waals surface area contributed by atoms with Crippen molar-refractivity contribution in [3.05, 3.63) is 63.9 Å². The van der Waals surface area contributed by atoms with E-state index in [1.807, 2.05) is 19.9 Å². The number of carbonyl (C=O) groups excluding carboxylic acids is 3. The van der Waals surface area contributed by atoms with Crippen LogP contribution >= 0.6 is 11.6 Å². The van der Waals surface area contributed by atoms with Crippen molar-refractivity contribution in [1.82, 2.24) is 0 Å². The summed E-state index contributed by atoms with van der Waals surface area (Å²) >= 11 is 5.63. The summed E-state index contributed by atoms with van der Waals surface area (Å²) in [5.41, 5.74) is 2.54. The van der Waals surface area contributed by atoms with E-state index < -0.39 is 24.3 Å². The van der Waals surface area contributed by atoms with E-state index in [0.717, 1.165) is 17.2 Å². The molecular weight excluding hydrogens is 373 g/mol. The lowest BCUT2D eigenvalue weighted by molar-refractivity contribution is -0.147. The smallest absolute Gasteiger partial charge is 0.306 e. The van der Waals surface area contributed by atoms with Gasteiger partial charge in [0.1, 0.15) is 5.82 Å². The van der Waals surface area contributed by atoms with Gasteiger partial charge in [0.2, 0.25) is 0 Å². The Bertz CT molecular complexity index is 882. The average molecular weight is 392 g/mol. The zero-order chi connectivity index (χ0) is 20.0. The minimum absolute atomic E-state index is 0.0191. The molecule has 2 aromatic rings. The fourth-order valence-corrected chi connectivity index (χ4v) is 2.43. The first-order valence-electron chi connectivity index (χ1n) is 8.27. The number of ketones is 1. The van der Waals surface area contributed by atoms with E-state index in [-0.39, 0.29) is 29.3 Å². The van der Waals surface area contributed by atoms with Crippen LogP contribution in [0.25, 0.3) is 0 Å². The highest BCUT2D eigenvalue weighted by molar-refractivity contribution is 6.30. The molecule has 2 rings (SSSR count). The summed E-state index contributed by atoms with van der Waals surface area (Å²) < 4.78 is 18.4. The van der Waals surface area contributed by atoms with Crippen molar-refractivity contribution in [3.8, 4) is 0 Å². The molecule has 0 aliphatic rings. The Morgan fingerprint density at radius 2 is 1.78 bits per heavy atom. The minimum Gasteiger partial charge on any atom is -0.456 e. The average Bonchev–Trinajstić information content (AvgIpc) is 2.62. The maximum atomic E-state index is 13.6. The molecule has 0 bridgehead atoms. The summed E-state index contributed by atoms with van der Waals surface area (Å²) in [5.74, 6) is -2.24. The van der Waals surface area contributed by atoms with Crippen molar-refractivity contribution in [1.29, 1.82) is 0 Å². The van der Waals surface area contributed by atoms with Gasteiger partial charge in [0.15, 0.2) is 12.4 Å². The summed E-state index contributed by atoms with van der Waals surface area (Å²) in [6, 6.07) is 9.12. The molecule has 2 aromatic carbocycles. The molecule has 0 fully saturated rings. The fraction of sp³-hybridized carbons (Fsp3) is 0.250. The summed E-state index contributed by atoms with van der Waals surface area (Å²) in [4.78, 5) is 35.6. The maximum Gasteiger partial charge on any atom is 0.306 e. The van der Waals surface area contributed by atoms with Crippen LogP contribution in [-0.4, -0.2) is 24.3 Å². The number of anilines is 1. The number of ether oxygens (including phenoxy) is 1. The number of benzene rings is 2. The molecule has 0 saturated carbocycles. The van der Waals surface area contributed by atoms with E-state index in [9.17, 15) is 18.8 Å². The Labute approximate surface area is 161 Å². The molecule has 0 saturated heterocycles. The van der Waals surface area contributed by atoms with Gasteiger partial charge in [-0.05, 0) is 49.2 Å². The van der Waals surface area contributed by atoms with Crippen LogP contribution in [0.15, 0.2) is 36.4 Å². The van der Waals surface area contributed by atoms with E-state index in [2.05, 4.69) is 5.32 Å². The Balaban J connectivity index is 1.77. The Kier molecular flexibility index (Phi) is 7.07. The van der Waals surface area contributed by atoms with Gasteiger partial charge in [0, 0.05) is 17.0 Å². The molecule has 1 amide bonds. The summed E-state index contributed by atoms with van der Waals surface area (Å²) in [5, 5.41) is 2.48. The van der Waals surface area contributed by atoms with Gasteiger partial charge >= 0.3 is 5.97 Å². The molecule has 0 aliphatic carbocycles. The first-order chi connectivity index (χ1) is 12.8. The Morgan fingerprint density at radius 1 is 1.04 bits per heavy atom. The van der Waals surface area contributed by atoms with E-state index >= 15 is 0 Å². The minimum atomic E-state index is -0.693. The van der Waals surface area contributed by atoms with Gasteiger partial charge in [0.05, 0.1) is 12.1 Å². The summed E-state index contributed by atoms with van der Waals surface area (Å²) in [6.45, 7) is 3.28. The summed E-state index contributed by atoms with van der Waals surface area (Å²) in [6.07, 6.45) is -0.164. The van der Waals surface area contributed by atoms with Crippen LogP contribution in [0.5, 0.6) is 0 Å². The second-order valence-corrected chi connectivity index (χ2v) is 6.49. The molecule has 142 valence electrons. The van der Waals surface area contributed by atoms with Gasteiger partial charge in [-0.2, -0.15) is 0 Å². The topological polar surface area (TPSA) is 72.5 Å². The fourth-order valence-electron chi connectivity index (χ4n) is 2.27. The molecule has 1 N–H and O–H groups in total. The monoisotopic (exact) mass is 391 g/mol. The number of Topliss-reactive ketones (excluding diaryl/α,β-unsaturated/α-hetero) is 1. The molecule has 0 heterocycles. The van der Waals surface area contributed by atoms with Gasteiger partial charge in [-0.3, -0.25) is 14.4 Å². The second-order valence-electron chi connectivity index (χ2n) is 6.06. The molecule has 5 nitrogen and oxygen atoms in total. The molecule has 0 spiro atoms. The predicted octanol–water partition coefficient (Wildman–Crippen LogP) is 4.24. The Morgan fingerprint density at radius 3 is 2.44 bits per heavy atom. The number of nitrogens with one attached hydrogen (secondary N) is 1. The molecular formula is C20H19ClFNO4. The van der Waals surface area contributed by atoms with Crippen LogP contribution in [0.1, 0.15) is 34.3 Å². The van der Waals surface area contributed by atoms with Gasteiger partial charge in [-0.15, -0.1) is 0 Å². The van der Waals surface area contributed by atoms with Crippen LogP contribution in [0, 0.1) is 19.7 Å². The lowest BCUT2D eigenvalue weighted by Gasteiger charge is -2.08. The zero-order valence-electron chi connectivity index (χ0n) is 15.0. The number of halogens is 2. The molecule has 0 aromatic heterocycles. The lowest BCUT2D eigenvalue weighted by atomic mass is 10.0.